The van der Waals surface area contributed by atoms with Crippen molar-refractivity contribution in [3.63, 3.8) is 0 Å². The van der Waals surface area contributed by atoms with E-state index >= 15 is 0 Å². The summed E-state index contributed by atoms with van der Waals surface area (Å²) in [6, 6.07) is -1.02. The fraction of sp³-hybridized carbons (Fsp3) is 0.438. The molecule has 1 saturated heterocycles. The summed E-state index contributed by atoms with van der Waals surface area (Å²) in [7, 11) is 0. The normalized spacial score (nSPS) is 25.3. The number of hydrogen-bond donors (Lipinski definition) is 6. The van der Waals surface area contributed by atoms with Crippen LogP contribution in [0.25, 0.3) is 11.2 Å². The van der Waals surface area contributed by atoms with E-state index < -0.39 is 43.2 Å². The third kappa shape index (κ3) is 3.51. The first-order valence-corrected chi connectivity index (χ1v) is 8.76. The number of anilines is 1. The van der Waals surface area contributed by atoms with Crippen LogP contribution in [0.1, 0.15) is 11.9 Å². The Morgan fingerprint density at radius 2 is 2.10 bits per heavy atom. The van der Waals surface area contributed by atoms with Gasteiger partial charge in [-0.15, -0.1) is 0 Å². The predicted octanol–water partition coefficient (Wildman–Crippen LogP) is -1.73. The highest BCUT2D eigenvalue weighted by Crippen LogP contribution is 2.32. The van der Waals surface area contributed by atoms with Gasteiger partial charge in [0.15, 0.2) is 23.2 Å². The van der Waals surface area contributed by atoms with Crippen LogP contribution in [-0.2, 0) is 16.0 Å². The van der Waals surface area contributed by atoms with Gasteiger partial charge in [0.1, 0.15) is 30.7 Å². The van der Waals surface area contributed by atoms with E-state index in [1.807, 2.05) is 0 Å². The summed E-state index contributed by atoms with van der Waals surface area (Å²) in [6.07, 6.45) is 1.19. The molecule has 0 aliphatic carbocycles. The lowest BCUT2D eigenvalue weighted by Crippen LogP contribution is -2.33. The molecular formula is C16H19N7O6. The number of hydrogen-bond acceptors (Lipinski definition) is 10. The highest BCUT2D eigenvalue weighted by molar-refractivity contribution is 5.86. The molecular weight excluding hydrogens is 386 g/mol. The Hall–Kier alpha value is -3.13. The highest BCUT2D eigenvalue weighted by Gasteiger charge is 2.44. The standard InChI is InChI=1S/C16H19N7O6/c24-3-9-11(25)12(26)15(29-9)23-6-21-10-13(19-5-20-14(10)23)22-8(16(27)28)1-7-2-17-4-18-7/h2,4-6,8-9,11-12,15,24-26H,1,3H2,(H,17,18)(H,27,28)(H,19,20,22)/t8-,9+,11?,12-,15+/m0/s1. The summed E-state index contributed by atoms with van der Waals surface area (Å²) in [5, 5.41) is 41.8. The number of imidazole rings is 2. The van der Waals surface area contributed by atoms with Gasteiger partial charge in [0.25, 0.3) is 0 Å². The van der Waals surface area contributed by atoms with Crippen LogP contribution < -0.4 is 5.32 Å². The van der Waals surface area contributed by atoms with Crippen molar-refractivity contribution in [2.75, 3.05) is 11.9 Å². The van der Waals surface area contributed by atoms with Gasteiger partial charge in [0.05, 0.1) is 25.0 Å². The van der Waals surface area contributed by atoms with Crippen LogP contribution in [0.3, 0.4) is 0 Å². The molecule has 5 atom stereocenters. The van der Waals surface area contributed by atoms with Crippen molar-refractivity contribution >= 4 is 23.0 Å². The van der Waals surface area contributed by atoms with Crippen molar-refractivity contribution in [2.45, 2.75) is 37.0 Å². The fourth-order valence-electron chi connectivity index (χ4n) is 3.23. The Morgan fingerprint density at radius 3 is 2.76 bits per heavy atom. The number of carbonyl (C=O) groups is 1. The molecule has 1 aliphatic heterocycles. The highest BCUT2D eigenvalue weighted by atomic mass is 16.6. The molecule has 29 heavy (non-hydrogen) atoms. The average molecular weight is 405 g/mol. The van der Waals surface area contributed by atoms with Crippen molar-refractivity contribution in [1.29, 1.82) is 0 Å². The molecule has 6 N–H and O–H groups in total. The lowest BCUT2D eigenvalue weighted by Gasteiger charge is -2.17. The van der Waals surface area contributed by atoms with Crippen LogP contribution in [0.4, 0.5) is 5.82 Å². The zero-order valence-corrected chi connectivity index (χ0v) is 15.0. The molecule has 0 amide bonds. The van der Waals surface area contributed by atoms with Crippen LogP contribution >= 0.6 is 0 Å². The second-order valence-electron chi connectivity index (χ2n) is 6.58. The van der Waals surface area contributed by atoms with Gasteiger partial charge in [-0.2, -0.15) is 0 Å². The number of carboxylic acid groups (broad SMARTS) is 1. The zero-order valence-electron chi connectivity index (χ0n) is 15.0. The van der Waals surface area contributed by atoms with E-state index in [-0.39, 0.29) is 23.4 Å². The van der Waals surface area contributed by atoms with Gasteiger partial charge in [-0.25, -0.2) is 24.7 Å². The molecule has 0 radical (unpaired) electrons. The number of nitrogens with zero attached hydrogens (tertiary/aromatic N) is 5. The average Bonchev–Trinajstić information content (AvgIpc) is 3.42. The predicted molar refractivity (Wildman–Crippen MR) is 95.7 cm³/mol. The Bertz CT molecular complexity index is 993. The molecule has 13 heteroatoms. The van der Waals surface area contributed by atoms with Gasteiger partial charge in [-0.05, 0) is 0 Å². The summed E-state index contributed by atoms with van der Waals surface area (Å²) < 4.78 is 6.90. The number of fused-ring (bicyclic) bond motifs is 1. The quantitative estimate of drug-likeness (QED) is 0.262. The van der Waals surface area contributed by atoms with E-state index in [4.69, 9.17) is 4.74 Å². The lowest BCUT2D eigenvalue weighted by molar-refractivity contribution is -0.137. The Balaban J connectivity index is 1.63. The molecule has 0 aromatic carbocycles. The fourth-order valence-corrected chi connectivity index (χ4v) is 3.23. The minimum Gasteiger partial charge on any atom is -0.480 e. The largest absolute Gasteiger partial charge is 0.480 e. The number of carboxylic acids is 1. The van der Waals surface area contributed by atoms with E-state index in [2.05, 4.69) is 30.2 Å². The molecule has 3 aromatic rings. The topological polar surface area (TPSA) is 192 Å². The number of aliphatic hydroxyl groups is 3. The summed E-state index contributed by atoms with van der Waals surface area (Å²) in [5.74, 6) is -0.911. The summed E-state index contributed by atoms with van der Waals surface area (Å²) in [4.78, 5) is 30.9. The summed E-state index contributed by atoms with van der Waals surface area (Å²) in [5.41, 5.74) is 1.09. The van der Waals surface area contributed by atoms with E-state index in [1.165, 1.54) is 23.5 Å². The first-order valence-electron chi connectivity index (χ1n) is 8.76. The van der Waals surface area contributed by atoms with Crippen LogP contribution in [0.15, 0.2) is 25.2 Å². The Labute approximate surface area is 163 Å². The first kappa shape index (κ1) is 19.2. The van der Waals surface area contributed by atoms with Crippen molar-refractivity contribution < 1.29 is 30.0 Å². The van der Waals surface area contributed by atoms with Gasteiger partial charge in [0, 0.05) is 12.6 Å². The third-order valence-corrected chi connectivity index (χ3v) is 4.73. The molecule has 154 valence electrons. The smallest absolute Gasteiger partial charge is 0.326 e. The van der Waals surface area contributed by atoms with Gasteiger partial charge in [0.2, 0.25) is 0 Å². The maximum atomic E-state index is 11.7. The van der Waals surface area contributed by atoms with E-state index in [9.17, 15) is 25.2 Å². The van der Waals surface area contributed by atoms with Crippen molar-refractivity contribution in [2.24, 2.45) is 0 Å². The van der Waals surface area contributed by atoms with Crippen molar-refractivity contribution in [3.8, 4) is 0 Å². The maximum Gasteiger partial charge on any atom is 0.326 e. The van der Waals surface area contributed by atoms with Crippen LogP contribution in [-0.4, -0.2) is 86.8 Å². The first-order chi connectivity index (χ1) is 14.0. The van der Waals surface area contributed by atoms with E-state index in [0.717, 1.165) is 0 Å². The maximum absolute atomic E-state index is 11.7. The monoisotopic (exact) mass is 405 g/mol. The molecule has 1 fully saturated rings. The molecule has 1 unspecified atom stereocenters. The van der Waals surface area contributed by atoms with Gasteiger partial charge >= 0.3 is 5.97 Å². The number of rotatable bonds is 7. The third-order valence-electron chi connectivity index (χ3n) is 4.73. The van der Waals surface area contributed by atoms with E-state index in [1.54, 1.807) is 6.20 Å². The molecule has 3 aromatic heterocycles. The van der Waals surface area contributed by atoms with Crippen LogP contribution in [0, 0.1) is 0 Å². The number of aliphatic carboxylic acids is 1. The zero-order chi connectivity index (χ0) is 20.5. The summed E-state index contributed by atoms with van der Waals surface area (Å²) in [6.45, 7) is -0.462. The lowest BCUT2D eigenvalue weighted by atomic mass is 10.1. The van der Waals surface area contributed by atoms with Crippen LogP contribution in [0.2, 0.25) is 0 Å². The van der Waals surface area contributed by atoms with Crippen LogP contribution in [0.5, 0.6) is 0 Å². The summed E-state index contributed by atoms with van der Waals surface area (Å²) >= 11 is 0. The molecule has 0 saturated carbocycles. The van der Waals surface area contributed by atoms with Gasteiger partial charge in [-0.3, -0.25) is 4.57 Å². The van der Waals surface area contributed by atoms with Gasteiger partial charge in [-0.1, -0.05) is 0 Å². The SMILES string of the molecule is O=C(O)[C@H](Cc1c[nH]cn1)Nc1ncnc2c1ncn2[C@@H]1O[C@H](CO)C(O)[C@@H]1O. The second kappa shape index (κ2) is 7.71. The molecule has 0 bridgehead atoms. The number of nitrogens with one attached hydrogen (secondary N) is 2. The molecule has 13 nitrogen and oxygen atoms in total. The number of ether oxygens (including phenoxy) is 1. The molecule has 4 heterocycles. The number of H-pyrrole nitrogens is 1. The van der Waals surface area contributed by atoms with Crippen molar-refractivity contribution in [1.82, 2.24) is 29.5 Å². The minimum atomic E-state index is -1.30. The Kier molecular flexibility index (Phi) is 5.10. The number of aromatic amines is 1. The molecule has 1 aliphatic rings. The minimum absolute atomic E-state index is 0.111. The Morgan fingerprint density at radius 1 is 1.28 bits per heavy atom. The van der Waals surface area contributed by atoms with Gasteiger partial charge < -0.3 is 35.5 Å². The molecule has 0 spiro atoms. The molecule has 4 rings (SSSR count). The number of aromatic nitrogens is 6. The second-order valence-corrected chi connectivity index (χ2v) is 6.58. The number of aliphatic hydroxyl groups excluding tert-OH is 3. The van der Waals surface area contributed by atoms with Crippen molar-refractivity contribution in [3.05, 3.63) is 30.9 Å². The van der Waals surface area contributed by atoms with E-state index in [0.29, 0.717) is 5.69 Å².